The Morgan fingerprint density at radius 3 is 2.83 bits per heavy atom. The zero-order chi connectivity index (χ0) is 20.4. The summed E-state index contributed by atoms with van der Waals surface area (Å²) in [6.45, 7) is 1.82. The van der Waals surface area contributed by atoms with Gasteiger partial charge >= 0.3 is 0 Å². The molecule has 2 N–H and O–H groups in total. The van der Waals surface area contributed by atoms with Crippen LogP contribution in [0.2, 0.25) is 0 Å². The molecule has 1 aliphatic rings. The number of carbonyl (C=O) groups excluding carboxylic acids is 1. The van der Waals surface area contributed by atoms with Crippen LogP contribution in [0.25, 0.3) is 11.3 Å². The number of halogens is 1. The van der Waals surface area contributed by atoms with Crippen LogP contribution in [-0.2, 0) is 6.54 Å². The Morgan fingerprint density at radius 2 is 2.07 bits per heavy atom. The van der Waals surface area contributed by atoms with E-state index in [0.29, 0.717) is 37.0 Å². The Hall–Kier alpha value is -3.26. The minimum atomic E-state index is -0.313. The lowest BCUT2D eigenvalue weighted by Gasteiger charge is -2.23. The quantitative estimate of drug-likeness (QED) is 0.715. The fourth-order valence-electron chi connectivity index (χ4n) is 3.51. The van der Waals surface area contributed by atoms with Crippen molar-refractivity contribution in [1.82, 2.24) is 19.8 Å². The molecular weight excluding hydrogens is 373 g/mol. The number of likely N-dealkylation sites (tertiary alicyclic amines) is 1. The summed E-state index contributed by atoms with van der Waals surface area (Å²) in [7, 11) is 1.99. The molecule has 2 aromatic heterocycles. The molecule has 3 aromatic rings. The monoisotopic (exact) mass is 395 g/mol. The van der Waals surface area contributed by atoms with Crippen molar-refractivity contribution < 1.29 is 13.6 Å². The molecule has 1 amide bonds. The number of nitrogen functional groups attached to an aromatic ring is 1. The van der Waals surface area contributed by atoms with E-state index in [1.807, 2.05) is 7.05 Å². The first-order valence-electron chi connectivity index (χ1n) is 9.42. The van der Waals surface area contributed by atoms with Gasteiger partial charge in [-0.3, -0.25) is 9.69 Å². The average molecular weight is 395 g/mol. The van der Waals surface area contributed by atoms with Gasteiger partial charge in [-0.1, -0.05) is 0 Å². The maximum absolute atomic E-state index is 13.1. The highest BCUT2D eigenvalue weighted by Gasteiger charge is 2.31. The molecule has 1 aliphatic heterocycles. The van der Waals surface area contributed by atoms with E-state index in [2.05, 4.69) is 14.9 Å². The third-order valence-corrected chi connectivity index (χ3v) is 5.14. The van der Waals surface area contributed by atoms with E-state index in [4.69, 9.17) is 10.2 Å². The molecule has 0 saturated carbocycles. The first-order valence-corrected chi connectivity index (χ1v) is 9.42. The summed E-state index contributed by atoms with van der Waals surface area (Å²) in [6.07, 6.45) is 2.50. The number of anilines is 1. The summed E-state index contributed by atoms with van der Waals surface area (Å²) >= 11 is 0. The van der Waals surface area contributed by atoms with Gasteiger partial charge < -0.3 is 15.1 Å². The number of hydrogen-bond donors (Lipinski definition) is 1. The SMILES string of the molecule is CN(Cc1nccc(N)n1)[C@H]1CCN(C(=O)c2ccc(-c3ccc(F)cc3)o2)C1. The molecule has 8 heteroatoms. The molecule has 150 valence electrons. The molecule has 0 bridgehead atoms. The van der Waals surface area contributed by atoms with Gasteiger partial charge in [0.05, 0.1) is 6.54 Å². The lowest BCUT2D eigenvalue weighted by atomic mass is 10.2. The van der Waals surface area contributed by atoms with Crippen LogP contribution >= 0.6 is 0 Å². The molecule has 0 aliphatic carbocycles. The van der Waals surface area contributed by atoms with Crippen molar-refractivity contribution >= 4 is 11.7 Å². The Bertz CT molecular complexity index is 1000. The number of amides is 1. The number of likely N-dealkylation sites (N-methyl/N-ethyl adjacent to an activating group) is 1. The normalized spacial score (nSPS) is 16.5. The minimum absolute atomic E-state index is 0.144. The molecule has 1 saturated heterocycles. The summed E-state index contributed by atoms with van der Waals surface area (Å²) in [5.74, 6) is 1.47. The second-order valence-electron chi connectivity index (χ2n) is 7.18. The minimum Gasteiger partial charge on any atom is -0.451 e. The number of nitrogens with zero attached hydrogens (tertiary/aromatic N) is 4. The highest BCUT2D eigenvalue weighted by atomic mass is 19.1. The summed E-state index contributed by atoms with van der Waals surface area (Å²) < 4.78 is 18.8. The molecule has 0 unspecified atom stereocenters. The van der Waals surface area contributed by atoms with Crippen molar-refractivity contribution in [2.45, 2.75) is 19.0 Å². The van der Waals surface area contributed by atoms with E-state index in [-0.39, 0.29) is 23.5 Å². The van der Waals surface area contributed by atoms with Crippen LogP contribution in [0.5, 0.6) is 0 Å². The van der Waals surface area contributed by atoms with Crippen LogP contribution in [0.15, 0.2) is 53.1 Å². The van der Waals surface area contributed by atoms with E-state index in [1.165, 1.54) is 12.1 Å². The molecule has 1 fully saturated rings. The number of aromatic nitrogens is 2. The van der Waals surface area contributed by atoms with E-state index < -0.39 is 0 Å². The van der Waals surface area contributed by atoms with Gasteiger partial charge in [0.1, 0.15) is 23.2 Å². The Kier molecular flexibility index (Phi) is 5.26. The van der Waals surface area contributed by atoms with Crippen LogP contribution in [0.1, 0.15) is 22.8 Å². The van der Waals surface area contributed by atoms with Crippen LogP contribution in [0, 0.1) is 5.82 Å². The van der Waals surface area contributed by atoms with E-state index in [1.54, 1.807) is 41.4 Å². The zero-order valence-corrected chi connectivity index (χ0v) is 16.1. The lowest BCUT2D eigenvalue weighted by Crippen LogP contribution is -2.36. The topological polar surface area (TPSA) is 88.5 Å². The largest absolute Gasteiger partial charge is 0.451 e. The average Bonchev–Trinajstić information content (AvgIpc) is 3.38. The van der Waals surface area contributed by atoms with Gasteiger partial charge in [-0.2, -0.15) is 0 Å². The lowest BCUT2D eigenvalue weighted by molar-refractivity contribution is 0.0748. The summed E-state index contributed by atoms with van der Waals surface area (Å²) in [5.41, 5.74) is 6.44. The van der Waals surface area contributed by atoms with Crippen LogP contribution in [0.3, 0.4) is 0 Å². The van der Waals surface area contributed by atoms with Crippen molar-refractivity contribution in [1.29, 1.82) is 0 Å². The van der Waals surface area contributed by atoms with Crippen molar-refractivity contribution in [2.75, 3.05) is 25.9 Å². The third kappa shape index (κ3) is 4.27. The maximum Gasteiger partial charge on any atom is 0.289 e. The number of hydrogen-bond acceptors (Lipinski definition) is 6. The third-order valence-electron chi connectivity index (χ3n) is 5.14. The maximum atomic E-state index is 13.1. The fraction of sp³-hybridized carbons (Fsp3) is 0.286. The van der Waals surface area contributed by atoms with Gasteiger partial charge in [0, 0.05) is 30.9 Å². The molecule has 4 rings (SSSR count). The highest BCUT2D eigenvalue weighted by molar-refractivity contribution is 5.92. The predicted molar refractivity (Wildman–Crippen MR) is 106 cm³/mol. The number of carbonyl (C=O) groups is 1. The van der Waals surface area contributed by atoms with Gasteiger partial charge in [0.2, 0.25) is 0 Å². The smallest absolute Gasteiger partial charge is 0.289 e. The summed E-state index contributed by atoms with van der Waals surface area (Å²) in [4.78, 5) is 25.2. The van der Waals surface area contributed by atoms with Crippen molar-refractivity contribution in [3.05, 3.63) is 66.1 Å². The van der Waals surface area contributed by atoms with Crippen LogP contribution in [0.4, 0.5) is 10.2 Å². The van der Waals surface area contributed by atoms with Gasteiger partial charge in [-0.25, -0.2) is 14.4 Å². The van der Waals surface area contributed by atoms with E-state index in [0.717, 1.165) is 12.0 Å². The van der Waals surface area contributed by atoms with Gasteiger partial charge in [0.15, 0.2) is 5.76 Å². The summed E-state index contributed by atoms with van der Waals surface area (Å²) in [6, 6.07) is 11.2. The van der Waals surface area contributed by atoms with E-state index >= 15 is 0 Å². The number of furan rings is 1. The zero-order valence-electron chi connectivity index (χ0n) is 16.1. The number of benzene rings is 1. The van der Waals surface area contributed by atoms with Crippen LogP contribution in [-0.4, -0.2) is 51.9 Å². The van der Waals surface area contributed by atoms with Gasteiger partial charge in [-0.05, 0) is 55.9 Å². The summed E-state index contributed by atoms with van der Waals surface area (Å²) in [5, 5.41) is 0. The molecular formula is C21H22FN5O2. The molecule has 1 aromatic carbocycles. The first-order chi connectivity index (χ1) is 14.0. The van der Waals surface area contributed by atoms with Crippen LogP contribution < -0.4 is 5.73 Å². The Labute approximate surface area is 168 Å². The highest BCUT2D eigenvalue weighted by Crippen LogP contribution is 2.25. The predicted octanol–water partition coefficient (Wildman–Crippen LogP) is 2.80. The van der Waals surface area contributed by atoms with Gasteiger partial charge in [-0.15, -0.1) is 0 Å². The standard InChI is InChI=1S/C21H22FN5O2/c1-26(13-20-24-10-8-19(23)25-20)16-9-11-27(12-16)21(28)18-7-6-17(29-18)14-2-4-15(22)5-3-14/h2-8,10,16H,9,11-13H2,1H3,(H2,23,24,25)/t16-/m0/s1. The number of rotatable bonds is 5. The van der Waals surface area contributed by atoms with E-state index in [9.17, 15) is 9.18 Å². The first kappa shape index (κ1) is 19.1. The van der Waals surface area contributed by atoms with Gasteiger partial charge in [0.25, 0.3) is 5.91 Å². The second-order valence-corrected chi connectivity index (χ2v) is 7.18. The molecule has 0 spiro atoms. The number of nitrogens with two attached hydrogens (primary N) is 1. The molecule has 0 radical (unpaired) electrons. The van der Waals surface area contributed by atoms with Crippen molar-refractivity contribution in [3.8, 4) is 11.3 Å². The Morgan fingerprint density at radius 1 is 1.28 bits per heavy atom. The second kappa shape index (κ2) is 8.00. The molecule has 29 heavy (non-hydrogen) atoms. The molecule has 3 heterocycles. The molecule has 7 nitrogen and oxygen atoms in total. The van der Waals surface area contributed by atoms with Crippen molar-refractivity contribution in [3.63, 3.8) is 0 Å². The van der Waals surface area contributed by atoms with Crippen molar-refractivity contribution in [2.24, 2.45) is 0 Å². The Balaban J connectivity index is 1.38. The molecule has 1 atom stereocenters. The fourth-order valence-corrected chi connectivity index (χ4v) is 3.51.